The molecule has 30 heavy (non-hydrogen) atoms. The van der Waals surface area contributed by atoms with Crippen LogP contribution in [0.5, 0.6) is 0 Å². The van der Waals surface area contributed by atoms with Gasteiger partial charge < -0.3 is 4.90 Å². The number of nitrogens with zero attached hydrogens (tertiary/aromatic N) is 4. The minimum atomic E-state index is -3.82. The number of hydrogen-bond donors (Lipinski definition) is 0. The number of amides is 1. The van der Waals surface area contributed by atoms with Crippen molar-refractivity contribution in [2.75, 3.05) is 39.4 Å². The number of thiazole rings is 1. The van der Waals surface area contributed by atoms with Crippen LogP contribution in [-0.4, -0.2) is 62.8 Å². The van der Waals surface area contributed by atoms with Crippen molar-refractivity contribution in [1.29, 1.82) is 0 Å². The van der Waals surface area contributed by atoms with E-state index in [9.17, 15) is 13.2 Å². The summed E-state index contributed by atoms with van der Waals surface area (Å²) in [5.74, 6) is -0.572. The first-order chi connectivity index (χ1) is 14.2. The van der Waals surface area contributed by atoms with Gasteiger partial charge in [0.25, 0.3) is 10.0 Å². The van der Waals surface area contributed by atoms with Crippen LogP contribution in [0.1, 0.15) is 23.3 Å². The third-order valence-corrected chi connectivity index (χ3v) is 7.32. The van der Waals surface area contributed by atoms with Crippen LogP contribution in [-0.2, 0) is 19.7 Å². The number of sulfonamides is 1. The number of anilines is 1. The molecule has 8 nitrogen and oxygen atoms in total. The van der Waals surface area contributed by atoms with Gasteiger partial charge in [0.2, 0.25) is 5.13 Å². The predicted molar refractivity (Wildman–Crippen MR) is 117 cm³/mol. The number of carbonyl (C=O) groups excluding carboxylic acids is 1. The highest BCUT2D eigenvalue weighted by Gasteiger charge is 2.36. The standard InChI is InChI=1S/C20H26N4O4S2/c1-15-14-21-20(29-15)24(28-12-8-7-11-22(2)3)19(25)17-13-16-9-5-6-10-18(16)30(26,27)23(17)4/h5-6,9-10,13-14H,7-8,11-12H2,1-4H3. The number of aryl methyl sites for hydroxylation is 1. The largest absolute Gasteiger partial charge is 0.309 e. The highest BCUT2D eigenvalue weighted by atomic mass is 32.2. The summed E-state index contributed by atoms with van der Waals surface area (Å²) in [4.78, 5) is 26.6. The summed E-state index contributed by atoms with van der Waals surface area (Å²) in [6.07, 6.45) is 4.89. The summed E-state index contributed by atoms with van der Waals surface area (Å²) in [7, 11) is 1.55. The maximum Gasteiger partial charge on any atom is 0.301 e. The van der Waals surface area contributed by atoms with Crippen molar-refractivity contribution < 1.29 is 18.0 Å². The van der Waals surface area contributed by atoms with Gasteiger partial charge in [0, 0.05) is 18.1 Å². The fourth-order valence-electron chi connectivity index (χ4n) is 2.97. The van der Waals surface area contributed by atoms with Crippen LogP contribution in [0.25, 0.3) is 6.08 Å². The highest BCUT2D eigenvalue weighted by Crippen LogP contribution is 2.32. The van der Waals surface area contributed by atoms with Crippen molar-refractivity contribution in [2.24, 2.45) is 0 Å². The van der Waals surface area contributed by atoms with Gasteiger partial charge in [-0.2, -0.15) is 5.06 Å². The van der Waals surface area contributed by atoms with Gasteiger partial charge in [0.15, 0.2) is 0 Å². The summed E-state index contributed by atoms with van der Waals surface area (Å²) < 4.78 is 26.8. The molecule has 0 atom stereocenters. The van der Waals surface area contributed by atoms with Crippen LogP contribution in [0, 0.1) is 6.92 Å². The number of likely N-dealkylation sites (N-methyl/N-ethyl adjacent to an activating group) is 1. The van der Waals surface area contributed by atoms with Crippen molar-refractivity contribution in [3.63, 3.8) is 0 Å². The Morgan fingerprint density at radius 2 is 1.97 bits per heavy atom. The molecule has 1 amide bonds. The normalized spacial score (nSPS) is 15.1. The summed E-state index contributed by atoms with van der Waals surface area (Å²) in [6, 6.07) is 6.60. The van der Waals surface area contributed by atoms with Crippen LogP contribution in [0.4, 0.5) is 5.13 Å². The summed E-state index contributed by atoms with van der Waals surface area (Å²) in [6.45, 7) is 3.11. The van der Waals surface area contributed by atoms with Crippen LogP contribution < -0.4 is 5.06 Å². The number of rotatable bonds is 8. The molecule has 0 bridgehead atoms. The van der Waals surface area contributed by atoms with Crippen molar-refractivity contribution in [1.82, 2.24) is 14.2 Å². The van der Waals surface area contributed by atoms with E-state index in [2.05, 4.69) is 9.88 Å². The lowest BCUT2D eigenvalue weighted by atomic mass is 10.2. The number of hydrogen-bond acceptors (Lipinski definition) is 7. The minimum Gasteiger partial charge on any atom is -0.309 e. The van der Waals surface area contributed by atoms with E-state index in [-0.39, 0.29) is 10.6 Å². The Kier molecular flexibility index (Phi) is 6.91. The molecule has 0 radical (unpaired) electrons. The number of unbranched alkanes of at least 4 members (excludes halogenated alkanes) is 1. The van der Waals surface area contributed by atoms with E-state index in [0.717, 1.165) is 33.6 Å². The van der Waals surface area contributed by atoms with Gasteiger partial charge in [-0.3, -0.25) is 13.9 Å². The molecule has 2 heterocycles. The molecule has 0 unspecified atom stereocenters. The number of carbonyl (C=O) groups is 1. The van der Waals surface area contributed by atoms with E-state index in [1.165, 1.54) is 24.5 Å². The number of hydroxylamine groups is 1. The fourth-order valence-corrected chi connectivity index (χ4v) is 5.05. The molecule has 1 aliphatic rings. The van der Waals surface area contributed by atoms with Crippen molar-refractivity contribution in [3.05, 3.63) is 46.6 Å². The molecular formula is C20H26N4O4S2. The number of fused-ring (bicyclic) bond motifs is 1. The van der Waals surface area contributed by atoms with Crippen LogP contribution >= 0.6 is 11.3 Å². The Morgan fingerprint density at radius 1 is 1.23 bits per heavy atom. The van der Waals surface area contributed by atoms with Crippen molar-refractivity contribution >= 4 is 38.5 Å². The molecule has 0 saturated carbocycles. The van der Waals surface area contributed by atoms with Crippen LogP contribution in [0.2, 0.25) is 0 Å². The zero-order valence-electron chi connectivity index (χ0n) is 17.5. The Balaban J connectivity index is 1.88. The second kappa shape index (κ2) is 9.25. The number of benzene rings is 1. The van der Waals surface area contributed by atoms with Gasteiger partial charge in [-0.15, -0.1) is 0 Å². The average Bonchev–Trinajstić information content (AvgIpc) is 3.13. The van der Waals surface area contributed by atoms with E-state index in [0.29, 0.717) is 17.3 Å². The summed E-state index contributed by atoms with van der Waals surface area (Å²) in [5, 5.41) is 1.48. The first kappa shape index (κ1) is 22.4. The van der Waals surface area contributed by atoms with E-state index in [1.54, 1.807) is 30.5 Å². The Morgan fingerprint density at radius 3 is 2.63 bits per heavy atom. The van der Waals surface area contributed by atoms with Gasteiger partial charge in [-0.05, 0) is 58.1 Å². The molecule has 2 aromatic rings. The molecule has 10 heteroatoms. The molecule has 3 rings (SSSR count). The zero-order valence-corrected chi connectivity index (χ0v) is 19.2. The molecule has 0 fully saturated rings. The van der Waals surface area contributed by atoms with Gasteiger partial charge in [-0.1, -0.05) is 29.5 Å². The molecule has 0 spiro atoms. The molecule has 0 aliphatic carbocycles. The number of aromatic nitrogens is 1. The summed E-state index contributed by atoms with van der Waals surface area (Å²) in [5.41, 5.74) is 0.482. The smallest absolute Gasteiger partial charge is 0.301 e. The van der Waals surface area contributed by atoms with E-state index in [1.807, 2.05) is 21.0 Å². The van der Waals surface area contributed by atoms with Gasteiger partial charge >= 0.3 is 5.91 Å². The third kappa shape index (κ3) is 4.72. The van der Waals surface area contributed by atoms with Crippen LogP contribution in [0.3, 0.4) is 0 Å². The van der Waals surface area contributed by atoms with Gasteiger partial charge in [0.1, 0.15) is 5.70 Å². The molecule has 1 aromatic carbocycles. The van der Waals surface area contributed by atoms with E-state index >= 15 is 0 Å². The monoisotopic (exact) mass is 450 g/mol. The van der Waals surface area contributed by atoms with Gasteiger partial charge in [0.05, 0.1) is 11.5 Å². The molecule has 0 N–H and O–H groups in total. The molecule has 1 aliphatic heterocycles. The second-order valence-corrected chi connectivity index (χ2v) is 10.4. The Bertz CT molecular complexity index is 1050. The quantitative estimate of drug-likeness (QED) is 0.454. The molecule has 1 aromatic heterocycles. The van der Waals surface area contributed by atoms with E-state index < -0.39 is 15.9 Å². The Labute approximate surface area is 181 Å². The maximum absolute atomic E-state index is 13.4. The average molecular weight is 451 g/mol. The SMILES string of the molecule is Cc1cnc(N(OCCCCN(C)C)C(=O)C2=Cc3ccccc3S(=O)(=O)N2C)s1. The second-order valence-electron chi connectivity index (χ2n) is 7.24. The fraction of sp³-hybridized carbons (Fsp3) is 0.400. The first-order valence-electron chi connectivity index (χ1n) is 9.56. The topological polar surface area (TPSA) is 83.0 Å². The van der Waals surface area contributed by atoms with Gasteiger partial charge in [-0.25, -0.2) is 13.4 Å². The lowest BCUT2D eigenvalue weighted by Gasteiger charge is -2.29. The third-order valence-electron chi connectivity index (χ3n) is 4.60. The minimum absolute atomic E-state index is 0.00912. The van der Waals surface area contributed by atoms with Crippen LogP contribution in [0.15, 0.2) is 41.1 Å². The molecule has 0 saturated heterocycles. The zero-order chi connectivity index (χ0) is 21.9. The lowest BCUT2D eigenvalue weighted by Crippen LogP contribution is -2.41. The predicted octanol–water partition coefficient (Wildman–Crippen LogP) is 2.73. The first-order valence-corrected chi connectivity index (χ1v) is 11.8. The van der Waals surface area contributed by atoms with Crippen molar-refractivity contribution in [3.8, 4) is 0 Å². The lowest BCUT2D eigenvalue weighted by molar-refractivity contribution is -0.123. The summed E-state index contributed by atoms with van der Waals surface area (Å²) >= 11 is 1.31. The van der Waals surface area contributed by atoms with E-state index in [4.69, 9.17) is 4.84 Å². The van der Waals surface area contributed by atoms with Crippen molar-refractivity contribution in [2.45, 2.75) is 24.7 Å². The molecule has 162 valence electrons. The highest BCUT2D eigenvalue weighted by molar-refractivity contribution is 7.89. The maximum atomic E-state index is 13.4. The molecular weight excluding hydrogens is 424 g/mol. The Hall–Kier alpha value is -2.27.